The highest BCUT2D eigenvalue weighted by molar-refractivity contribution is 5.83. The van der Waals surface area contributed by atoms with E-state index < -0.39 is 0 Å². The third-order valence-corrected chi connectivity index (χ3v) is 5.74. The summed E-state index contributed by atoms with van der Waals surface area (Å²) in [5, 5.41) is 3.31. The minimum Gasteiger partial charge on any atom is -0.465 e. The number of likely N-dealkylation sites (N-methyl/N-ethyl adjacent to an activating group) is 1. The summed E-state index contributed by atoms with van der Waals surface area (Å²) in [5.41, 5.74) is 0. The van der Waals surface area contributed by atoms with Gasteiger partial charge in [-0.25, -0.2) is 0 Å². The fourth-order valence-corrected chi connectivity index (χ4v) is 3.92. The third kappa shape index (κ3) is 2.58. The SMILES string of the molecule is CNC1CCCN(C(=O)C2CC2c2ccc(C3CC3C)o2)C1. The van der Waals surface area contributed by atoms with Crippen molar-refractivity contribution in [2.45, 2.75) is 50.5 Å². The van der Waals surface area contributed by atoms with Gasteiger partial charge in [-0.15, -0.1) is 0 Å². The molecule has 2 aliphatic carbocycles. The molecule has 1 saturated heterocycles. The van der Waals surface area contributed by atoms with Crippen LogP contribution >= 0.6 is 0 Å². The molecule has 3 fully saturated rings. The number of carbonyl (C=O) groups excluding carboxylic acids is 1. The Bertz CT molecular complexity index is 567. The number of nitrogens with one attached hydrogen (secondary N) is 1. The molecule has 1 aromatic rings. The Morgan fingerprint density at radius 3 is 2.68 bits per heavy atom. The summed E-state index contributed by atoms with van der Waals surface area (Å²) in [6.45, 7) is 4.05. The van der Waals surface area contributed by atoms with Crippen molar-refractivity contribution in [3.63, 3.8) is 0 Å². The first-order chi connectivity index (χ1) is 10.7. The Kier molecular flexibility index (Phi) is 3.52. The summed E-state index contributed by atoms with van der Waals surface area (Å²) in [6, 6.07) is 4.69. The highest BCUT2D eigenvalue weighted by atomic mass is 16.3. The number of furan rings is 1. The van der Waals surface area contributed by atoms with Gasteiger partial charge in [0.15, 0.2) is 0 Å². The fourth-order valence-electron chi connectivity index (χ4n) is 3.92. The van der Waals surface area contributed by atoms with E-state index in [2.05, 4.69) is 29.3 Å². The number of likely N-dealkylation sites (tertiary alicyclic amines) is 1. The van der Waals surface area contributed by atoms with E-state index in [1.165, 1.54) is 12.8 Å². The summed E-state index contributed by atoms with van der Waals surface area (Å²) in [5.74, 6) is 4.38. The number of nitrogens with zero attached hydrogens (tertiary/aromatic N) is 1. The van der Waals surface area contributed by atoms with Gasteiger partial charge >= 0.3 is 0 Å². The molecule has 1 aromatic heterocycles. The Morgan fingerprint density at radius 2 is 2.00 bits per heavy atom. The van der Waals surface area contributed by atoms with Crippen LogP contribution in [0.4, 0.5) is 0 Å². The number of hydrogen-bond acceptors (Lipinski definition) is 3. The molecule has 4 nitrogen and oxygen atoms in total. The van der Waals surface area contributed by atoms with Crippen LogP contribution in [0.3, 0.4) is 0 Å². The summed E-state index contributed by atoms with van der Waals surface area (Å²) in [6.07, 6.45) is 4.50. The molecule has 4 heteroatoms. The molecule has 22 heavy (non-hydrogen) atoms. The number of piperidine rings is 1. The predicted molar refractivity (Wildman–Crippen MR) is 84.7 cm³/mol. The largest absolute Gasteiger partial charge is 0.465 e. The lowest BCUT2D eigenvalue weighted by Gasteiger charge is -2.32. The Hall–Kier alpha value is -1.29. The van der Waals surface area contributed by atoms with E-state index in [9.17, 15) is 4.79 Å². The number of rotatable bonds is 4. The lowest BCUT2D eigenvalue weighted by molar-refractivity contribution is -0.134. The molecule has 4 rings (SSSR count). The van der Waals surface area contributed by atoms with Crippen molar-refractivity contribution < 1.29 is 9.21 Å². The molecular weight excluding hydrogens is 276 g/mol. The molecule has 1 N–H and O–H groups in total. The molecule has 1 aliphatic heterocycles. The quantitative estimate of drug-likeness (QED) is 0.930. The van der Waals surface area contributed by atoms with Crippen molar-refractivity contribution in [2.24, 2.45) is 11.8 Å². The Labute approximate surface area is 132 Å². The maximum absolute atomic E-state index is 12.7. The van der Waals surface area contributed by atoms with E-state index in [4.69, 9.17) is 4.42 Å². The van der Waals surface area contributed by atoms with Crippen LogP contribution < -0.4 is 5.32 Å². The van der Waals surface area contributed by atoms with Crippen LogP contribution in [0, 0.1) is 11.8 Å². The predicted octanol–water partition coefficient (Wildman–Crippen LogP) is 2.72. The average molecular weight is 302 g/mol. The monoisotopic (exact) mass is 302 g/mol. The van der Waals surface area contributed by atoms with E-state index in [1.54, 1.807) is 0 Å². The van der Waals surface area contributed by atoms with Crippen LogP contribution in [0.5, 0.6) is 0 Å². The molecule has 3 aliphatic rings. The zero-order valence-electron chi connectivity index (χ0n) is 13.5. The summed E-state index contributed by atoms with van der Waals surface area (Å²) in [4.78, 5) is 14.7. The van der Waals surface area contributed by atoms with Gasteiger partial charge in [-0.3, -0.25) is 4.79 Å². The lowest BCUT2D eigenvalue weighted by Crippen LogP contribution is -2.47. The van der Waals surface area contributed by atoms with Crippen molar-refractivity contribution in [1.29, 1.82) is 0 Å². The maximum atomic E-state index is 12.7. The minimum atomic E-state index is 0.159. The molecule has 2 saturated carbocycles. The van der Waals surface area contributed by atoms with Gasteiger partial charge < -0.3 is 14.6 Å². The molecule has 0 radical (unpaired) electrons. The second kappa shape index (κ2) is 5.41. The first-order valence-corrected chi connectivity index (χ1v) is 8.73. The van der Waals surface area contributed by atoms with E-state index in [-0.39, 0.29) is 5.92 Å². The number of hydrogen-bond donors (Lipinski definition) is 1. The van der Waals surface area contributed by atoms with E-state index in [0.29, 0.717) is 23.8 Å². The Balaban J connectivity index is 1.37. The zero-order valence-corrected chi connectivity index (χ0v) is 13.5. The van der Waals surface area contributed by atoms with Gasteiger partial charge in [-0.2, -0.15) is 0 Å². The topological polar surface area (TPSA) is 45.5 Å². The fraction of sp³-hybridized carbons (Fsp3) is 0.722. The van der Waals surface area contributed by atoms with E-state index in [1.807, 2.05) is 7.05 Å². The molecule has 0 bridgehead atoms. The first kappa shape index (κ1) is 14.3. The van der Waals surface area contributed by atoms with Crippen LogP contribution in [0.25, 0.3) is 0 Å². The highest BCUT2D eigenvalue weighted by Gasteiger charge is 2.48. The van der Waals surface area contributed by atoms with E-state index in [0.717, 1.165) is 43.4 Å². The zero-order chi connectivity index (χ0) is 15.3. The van der Waals surface area contributed by atoms with Gasteiger partial charge in [-0.05, 0) is 50.8 Å². The standard InChI is InChI=1S/C18H26N2O2/c1-11-8-13(11)16-5-6-17(22-16)14-9-15(14)18(21)20-7-3-4-12(10-20)19-2/h5-6,11-15,19H,3-4,7-10H2,1-2H3. The van der Waals surface area contributed by atoms with Gasteiger partial charge in [0, 0.05) is 36.9 Å². The number of amides is 1. The minimum absolute atomic E-state index is 0.159. The maximum Gasteiger partial charge on any atom is 0.226 e. The summed E-state index contributed by atoms with van der Waals surface area (Å²) < 4.78 is 6.03. The van der Waals surface area contributed by atoms with Crippen LogP contribution in [-0.4, -0.2) is 37.0 Å². The van der Waals surface area contributed by atoms with Crippen LogP contribution in [0.15, 0.2) is 16.5 Å². The molecule has 120 valence electrons. The molecule has 0 spiro atoms. The molecule has 2 heterocycles. The highest BCUT2D eigenvalue weighted by Crippen LogP contribution is 2.52. The summed E-state index contributed by atoms with van der Waals surface area (Å²) in [7, 11) is 1.99. The number of carbonyl (C=O) groups is 1. The smallest absolute Gasteiger partial charge is 0.226 e. The van der Waals surface area contributed by atoms with Crippen LogP contribution in [0.1, 0.15) is 56.0 Å². The first-order valence-electron chi connectivity index (χ1n) is 8.73. The van der Waals surface area contributed by atoms with Gasteiger partial charge in [0.2, 0.25) is 5.91 Å². The molecule has 5 unspecified atom stereocenters. The molecular formula is C18H26N2O2. The second-order valence-electron chi connectivity index (χ2n) is 7.42. The lowest BCUT2D eigenvalue weighted by atomic mass is 10.1. The summed E-state index contributed by atoms with van der Waals surface area (Å²) >= 11 is 0. The van der Waals surface area contributed by atoms with Gasteiger partial charge in [0.25, 0.3) is 0 Å². The average Bonchev–Trinajstić information content (AvgIpc) is 3.45. The van der Waals surface area contributed by atoms with Crippen molar-refractivity contribution in [1.82, 2.24) is 10.2 Å². The van der Waals surface area contributed by atoms with Gasteiger partial charge in [0.05, 0.1) is 0 Å². The Morgan fingerprint density at radius 1 is 1.27 bits per heavy atom. The molecule has 0 aromatic carbocycles. The van der Waals surface area contributed by atoms with Gasteiger partial charge in [-0.1, -0.05) is 6.92 Å². The van der Waals surface area contributed by atoms with Crippen molar-refractivity contribution in [3.05, 3.63) is 23.7 Å². The second-order valence-corrected chi connectivity index (χ2v) is 7.42. The van der Waals surface area contributed by atoms with Crippen molar-refractivity contribution in [2.75, 3.05) is 20.1 Å². The van der Waals surface area contributed by atoms with Crippen molar-refractivity contribution in [3.8, 4) is 0 Å². The normalized spacial score (nSPS) is 37.2. The van der Waals surface area contributed by atoms with Crippen LogP contribution in [-0.2, 0) is 4.79 Å². The third-order valence-electron chi connectivity index (χ3n) is 5.74. The van der Waals surface area contributed by atoms with Gasteiger partial charge in [0.1, 0.15) is 11.5 Å². The van der Waals surface area contributed by atoms with Crippen molar-refractivity contribution >= 4 is 5.91 Å². The van der Waals surface area contributed by atoms with Crippen LogP contribution in [0.2, 0.25) is 0 Å². The molecule has 5 atom stereocenters. The molecule has 1 amide bonds. The van der Waals surface area contributed by atoms with E-state index >= 15 is 0 Å².